The Balaban J connectivity index is 1.29. The average molecular weight is 341 g/mol. The first-order chi connectivity index (χ1) is 12.2. The smallest absolute Gasteiger partial charge is 0.122 e. The topological polar surface area (TPSA) is 46.4 Å². The number of piperazine rings is 1. The van der Waals surface area contributed by atoms with Crippen LogP contribution in [0.25, 0.3) is 0 Å². The van der Waals surface area contributed by atoms with Gasteiger partial charge < -0.3 is 9.30 Å². The zero-order valence-corrected chi connectivity index (χ0v) is 15.1. The first-order valence-corrected chi connectivity index (χ1v) is 9.14. The third kappa shape index (κ3) is 3.92. The van der Waals surface area contributed by atoms with E-state index >= 15 is 0 Å². The highest BCUT2D eigenvalue weighted by molar-refractivity contribution is 5.09. The van der Waals surface area contributed by atoms with Crippen molar-refractivity contribution in [3.05, 3.63) is 47.8 Å². The molecule has 2 aromatic heterocycles. The number of hydrogen-bond acceptors (Lipinski definition) is 5. The molecule has 0 saturated carbocycles. The fraction of sp³-hybridized carbons (Fsp3) is 0.579. The zero-order valence-electron chi connectivity index (χ0n) is 15.1. The Kier molecular flexibility index (Phi) is 4.83. The monoisotopic (exact) mass is 341 g/mol. The molecule has 4 rings (SSSR count). The lowest BCUT2D eigenvalue weighted by molar-refractivity contribution is 0.0439. The van der Waals surface area contributed by atoms with Crippen LogP contribution in [0.1, 0.15) is 23.6 Å². The van der Waals surface area contributed by atoms with Gasteiger partial charge in [0.15, 0.2) is 0 Å². The normalized spacial score (nSPS) is 24.6. The second kappa shape index (κ2) is 7.23. The van der Waals surface area contributed by atoms with Gasteiger partial charge in [0.25, 0.3) is 0 Å². The molecule has 2 fully saturated rings. The predicted octanol–water partition coefficient (Wildman–Crippen LogP) is 1.60. The molecule has 4 heterocycles. The molecule has 2 saturated heterocycles. The Morgan fingerprint density at radius 2 is 2.16 bits per heavy atom. The highest BCUT2D eigenvalue weighted by Gasteiger charge is 2.36. The van der Waals surface area contributed by atoms with Gasteiger partial charge >= 0.3 is 0 Å². The standard InChI is InChI=1S/C19H27N5O/c1-15-4-3-5-16(21-15)14-25-18-10-17-11-23(8-9-24(17)12-18)13-19-20-6-7-22(19)2/h3-7,17-18H,8-14H2,1-2H3/t17-,18+/m0/s1. The Morgan fingerprint density at radius 3 is 2.96 bits per heavy atom. The summed E-state index contributed by atoms with van der Waals surface area (Å²) in [5.41, 5.74) is 2.08. The molecule has 0 radical (unpaired) electrons. The highest BCUT2D eigenvalue weighted by Crippen LogP contribution is 2.25. The van der Waals surface area contributed by atoms with Gasteiger partial charge in [-0.1, -0.05) is 6.07 Å². The fourth-order valence-corrected chi connectivity index (χ4v) is 3.96. The summed E-state index contributed by atoms with van der Waals surface area (Å²) in [4.78, 5) is 14.1. The molecule has 0 bridgehead atoms. The summed E-state index contributed by atoms with van der Waals surface area (Å²) in [5.74, 6) is 1.14. The Bertz CT molecular complexity index is 715. The van der Waals surface area contributed by atoms with Crippen molar-refractivity contribution in [2.75, 3.05) is 26.2 Å². The van der Waals surface area contributed by atoms with Crippen LogP contribution in [0.5, 0.6) is 0 Å². The van der Waals surface area contributed by atoms with Crippen molar-refractivity contribution in [1.29, 1.82) is 0 Å². The molecular formula is C19H27N5O. The van der Waals surface area contributed by atoms with Gasteiger partial charge in [-0.15, -0.1) is 0 Å². The minimum atomic E-state index is 0.320. The number of fused-ring (bicyclic) bond motifs is 1. The molecule has 0 unspecified atom stereocenters. The third-order valence-corrected chi connectivity index (χ3v) is 5.36. The van der Waals surface area contributed by atoms with Crippen LogP contribution < -0.4 is 0 Å². The lowest BCUT2D eigenvalue weighted by Crippen LogP contribution is -2.49. The number of ether oxygens (including phenoxy) is 1. The second-order valence-electron chi connectivity index (χ2n) is 7.28. The molecule has 134 valence electrons. The lowest BCUT2D eigenvalue weighted by Gasteiger charge is -2.36. The van der Waals surface area contributed by atoms with E-state index in [1.165, 1.54) is 0 Å². The Hall–Kier alpha value is -1.76. The molecule has 0 aromatic carbocycles. The van der Waals surface area contributed by atoms with E-state index in [0.717, 1.165) is 56.4 Å². The molecular weight excluding hydrogens is 314 g/mol. The third-order valence-electron chi connectivity index (χ3n) is 5.36. The molecule has 0 aliphatic carbocycles. The van der Waals surface area contributed by atoms with Crippen molar-refractivity contribution in [2.24, 2.45) is 7.05 Å². The summed E-state index contributed by atoms with van der Waals surface area (Å²) in [6.07, 6.45) is 5.33. The number of hydrogen-bond donors (Lipinski definition) is 0. The van der Waals surface area contributed by atoms with E-state index in [0.29, 0.717) is 18.8 Å². The van der Waals surface area contributed by atoms with Crippen molar-refractivity contribution in [2.45, 2.75) is 38.6 Å². The maximum Gasteiger partial charge on any atom is 0.122 e. The van der Waals surface area contributed by atoms with Gasteiger partial charge in [0, 0.05) is 57.4 Å². The molecule has 2 aliphatic rings. The summed E-state index contributed by atoms with van der Waals surface area (Å²) in [7, 11) is 2.07. The van der Waals surface area contributed by atoms with Crippen LogP contribution in [-0.2, 0) is 24.9 Å². The molecule has 0 N–H and O–H groups in total. The number of pyridine rings is 1. The number of imidazole rings is 1. The molecule has 25 heavy (non-hydrogen) atoms. The van der Waals surface area contributed by atoms with E-state index in [2.05, 4.69) is 37.4 Å². The zero-order chi connectivity index (χ0) is 17.2. The van der Waals surface area contributed by atoms with E-state index in [1.807, 2.05) is 31.5 Å². The van der Waals surface area contributed by atoms with Gasteiger partial charge in [0.2, 0.25) is 0 Å². The summed E-state index contributed by atoms with van der Waals surface area (Å²) in [5, 5.41) is 0. The molecule has 2 aromatic rings. The largest absolute Gasteiger partial charge is 0.371 e. The molecule has 0 amide bonds. The number of aromatic nitrogens is 3. The van der Waals surface area contributed by atoms with Crippen LogP contribution in [0.3, 0.4) is 0 Å². The van der Waals surface area contributed by atoms with Crippen molar-refractivity contribution >= 4 is 0 Å². The number of nitrogens with zero attached hydrogens (tertiary/aromatic N) is 5. The molecule has 6 heteroatoms. The van der Waals surface area contributed by atoms with Gasteiger partial charge in [0.05, 0.1) is 24.9 Å². The van der Waals surface area contributed by atoms with E-state index in [9.17, 15) is 0 Å². The van der Waals surface area contributed by atoms with Crippen molar-refractivity contribution in [3.8, 4) is 0 Å². The van der Waals surface area contributed by atoms with Gasteiger partial charge in [-0.25, -0.2) is 4.98 Å². The highest BCUT2D eigenvalue weighted by atomic mass is 16.5. The molecule has 2 aliphatic heterocycles. The maximum absolute atomic E-state index is 6.16. The van der Waals surface area contributed by atoms with E-state index in [1.54, 1.807) is 0 Å². The van der Waals surface area contributed by atoms with Crippen LogP contribution in [0.2, 0.25) is 0 Å². The molecule has 0 spiro atoms. The average Bonchev–Trinajstić information content (AvgIpc) is 3.19. The van der Waals surface area contributed by atoms with Crippen LogP contribution in [0.15, 0.2) is 30.6 Å². The summed E-state index contributed by atoms with van der Waals surface area (Å²) < 4.78 is 8.27. The van der Waals surface area contributed by atoms with E-state index in [4.69, 9.17) is 4.74 Å². The van der Waals surface area contributed by atoms with Gasteiger partial charge in [0.1, 0.15) is 5.82 Å². The van der Waals surface area contributed by atoms with E-state index < -0.39 is 0 Å². The van der Waals surface area contributed by atoms with Gasteiger partial charge in [-0.3, -0.25) is 14.8 Å². The molecule has 6 nitrogen and oxygen atoms in total. The van der Waals surface area contributed by atoms with Crippen molar-refractivity contribution in [1.82, 2.24) is 24.3 Å². The summed E-state index contributed by atoms with van der Waals surface area (Å²) in [6, 6.07) is 6.72. The van der Waals surface area contributed by atoms with E-state index in [-0.39, 0.29) is 0 Å². The minimum absolute atomic E-state index is 0.320. The minimum Gasteiger partial charge on any atom is -0.371 e. The van der Waals surface area contributed by atoms with Crippen molar-refractivity contribution < 1.29 is 4.74 Å². The van der Waals surface area contributed by atoms with Gasteiger partial charge in [-0.2, -0.15) is 0 Å². The van der Waals surface area contributed by atoms with Crippen LogP contribution in [0.4, 0.5) is 0 Å². The number of rotatable bonds is 5. The fourth-order valence-electron chi connectivity index (χ4n) is 3.96. The van der Waals surface area contributed by atoms with Crippen LogP contribution in [-0.4, -0.2) is 62.7 Å². The van der Waals surface area contributed by atoms with Crippen molar-refractivity contribution in [3.63, 3.8) is 0 Å². The number of aryl methyl sites for hydroxylation is 2. The summed E-state index contributed by atoms with van der Waals surface area (Å²) >= 11 is 0. The molecule has 2 atom stereocenters. The van der Waals surface area contributed by atoms with Crippen LogP contribution >= 0.6 is 0 Å². The first-order valence-electron chi connectivity index (χ1n) is 9.14. The predicted molar refractivity (Wildman–Crippen MR) is 96.0 cm³/mol. The second-order valence-corrected chi connectivity index (χ2v) is 7.28. The SMILES string of the molecule is Cc1cccc(CO[C@@H]2C[C@H]3CN(Cc4nccn4C)CCN3C2)n1. The van der Waals surface area contributed by atoms with Gasteiger partial charge in [-0.05, 0) is 25.5 Å². The Labute approximate surface area is 149 Å². The lowest BCUT2D eigenvalue weighted by atomic mass is 10.1. The summed E-state index contributed by atoms with van der Waals surface area (Å²) in [6.45, 7) is 7.96. The quantitative estimate of drug-likeness (QED) is 0.827. The maximum atomic E-state index is 6.16. The van der Waals surface area contributed by atoms with Crippen LogP contribution in [0, 0.1) is 6.92 Å². The Morgan fingerprint density at radius 1 is 1.24 bits per heavy atom. The first kappa shape index (κ1) is 16.7.